The van der Waals surface area contributed by atoms with Crippen LogP contribution in [0.25, 0.3) is 11.4 Å². The normalized spacial score (nSPS) is 10.1. The molecule has 0 aliphatic carbocycles. The lowest BCUT2D eigenvalue weighted by atomic mass is 10.3. The Morgan fingerprint density at radius 2 is 2.33 bits per heavy atom. The van der Waals surface area contributed by atoms with Gasteiger partial charge in [-0.3, -0.25) is 5.10 Å². The highest BCUT2D eigenvalue weighted by atomic mass is 35.5. The molecular weight excluding hydrogens is 176 g/mol. The number of halogens is 1. The molecule has 4 nitrogen and oxygen atoms in total. The number of aromatic nitrogens is 4. The van der Waals surface area contributed by atoms with Crippen molar-refractivity contribution in [3.8, 4) is 11.4 Å². The molecule has 0 aliphatic rings. The first-order chi connectivity index (χ1) is 5.86. The molecule has 0 amide bonds. The zero-order valence-corrected chi connectivity index (χ0v) is 6.78. The van der Waals surface area contributed by atoms with Crippen molar-refractivity contribution >= 4 is 11.6 Å². The molecule has 2 aromatic rings. The van der Waals surface area contributed by atoms with E-state index >= 15 is 0 Å². The summed E-state index contributed by atoms with van der Waals surface area (Å²) in [6.45, 7) is 0. The maximum atomic E-state index is 5.68. The van der Waals surface area contributed by atoms with Crippen molar-refractivity contribution in [1.29, 1.82) is 0 Å². The molecule has 0 bridgehead atoms. The number of hydrogen-bond donors (Lipinski definition) is 1. The summed E-state index contributed by atoms with van der Waals surface area (Å²) in [5, 5.41) is 6.89. The lowest BCUT2D eigenvalue weighted by Gasteiger charge is -1.93. The van der Waals surface area contributed by atoms with Gasteiger partial charge in [-0.2, -0.15) is 5.10 Å². The summed E-state index contributed by atoms with van der Waals surface area (Å²) in [7, 11) is 0. The van der Waals surface area contributed by atoms with Crippen LogP contribution in [-0.4, -0.2) is 20.2 Å². The maximum absolute atomic E-state index is 5.68. The van der Waals surface area contributed by atoms with E-state index < -0.39 is 0 Å². The first-order valence-electron chi connectivity index (χ1n) is 3.34. The van der Waals surface area contributed by atoms with Crippen molar-refractivity contribution in [2.45, 2.75) is 0 Å². The lowest BCUT2D eigenvalue weighted by molar-refractivity contribution is 1.09. The number of aromatic amines is 1. The fraction of sp³-hybridized carbons (Fsp3) is 0. The zero-order valence-electron chi connectivity index (χ0n) is 6.03. The van der Waals surface area contributed by atoms with Crippen molar-refractivity contribution < 1.29 is 0 Å². The predicted molar refractivity (Wildman–Crippen MR) is 44.6 cm³/mol. The average Bonchev–Trinajstić information content (AvgIpc) is 2.56. The van der Waals surface area contributed by atoms with Crippen molar-refractivity contribution in [3.05, 3.63) is 29.8 Å². The Morgan fingerprint density at radius 1 is 1.42 bits per heavy atom. The third kappa shape index (κ3) is 1.29. The second kappa shape index (κ2) is 2.91. The molecular formula is C7H5ClN4. The quantitative estimate of drug-likeness (QED) is 0.677. The molecule has 0 unspecified atom stereocenters. The minimum absolute atomic E-state index is 0.432. The van der Waals surface area contributed by atoms with Gasteiger partial charge in [0.1, 0.15) is 5.15 Å². The summed E-state index contributed by atoms with van der Waals surface area (Å²) in [5.41, 5.74) is 0.831. The highest BCUT2D eigenvalue weighted by Crippen LogP contribution is 2.13. The van der Waals surface area contributed by atoms with Crippen molar-refractivity contribution in [2.75, 3.05) is 0 Å². The summed E-state index contributed by atoms with van der Waals surface area (Å²) in [5.74, 6) is 0.580. The van der Waals surface area contributed by atoms with Gasteiger partial charge in [-0.25, -0.2) is 9.97 Å². The molecule has 0 atom stereocenters. The smallest absolute Gasteiger partial charge is 0.163 e. The summed E-state index contributed by atoms with van der Waals surface area (Å²) in [6, 6.07) is 1.63. The number of H-pyrrole nitrogens is 1. The summed E-state index contributed by atoms with van der Waals surface area (Å²) in [4.78, 5) is 8.04. The molecule has 2 aromatic heterocycles. The van der Waals surface area contributed by atoms with E-state index in [-0.39, 0.29) is 0 Å². The van der Waals surface area contributed by atoms with Crippen molar-refractivity contribution in [3.63, 3.8) is 0 Å². The Balaban J connectivity index is 2.48. The Morgan fingerprint density at radius 3 is 3.00 bits per heavy atom. The van der Waals surface area contributed by atoms with Gasteiger partial charge < -0.3 is 0 Å². The Labute approximate surface area is 73.6 Å². The van der Waals surface area contributed by atoms with E-state index in [2.05, 4.69) is 20.2 Å². The molecule has 60 valence electrons. The Hall–Kier alpha value is -1.42. The molecule has 1 N–H and O–H groups in total. The predicted octanol–water partition coefficient (Wildman–Crippen LogP) is 1.52. The van der Waals surface area contributed by atoms with E-state index in [0.29, 0.717) is 11.0 Å². The first kappa shape index (κ1) is 7.24. The highest BCUT2D eigenvalue weighted by molar-refractivity contribution is 6.29. The van der Waals surface area contributed by atoms with Crippen LogP contribution in [0.4, 0.5) is 0 Å². The molecule has 0 spiro atoms. The maximum Gasteiger partial charge on any atom is 0.163 e. The van der Waals surface area contributed by atoms with Crippen molar-refractivity contribution in [2.24, 2.45) is 0 Å². The van der Waals surface area contributed by atoms with E-state index in [1.807, 2.05) is 0 Å². The van der Waals surface area contributed by atoms with E-state index in [0.717, 1.165) is 5.56 Å². The fourth-order valence-corrected chi connectivity index (χ4v) is 0.985. The van der Waals surface area contributed by atoms with E-state index in [1.54, 1.807) is 24.7 Å². The summed E-state index contributed by atoms with van der Waals surface area (Å²) < 4.78 is 0. The molecule has 2 heterocycles. The van der Waals surface area contributed by atoms with Gasteiger partial charge in [0.15, 0.2) is 5.82 Å². The average molecular weight is 181 g/mol. The fourth-order valence-electron chi connectivity index (χ4n) is 0.849. The van der Waals surface area contributed by atoms with Crippen LogP contribution >= 0.6 is 11.6 Å². The Bertz CT molecular complexity index is 371. The lowest BCUT2D eigenvalue weighted by Crippen LogP contribution is -1.85. The van der Waals surface area contributed by atoms with E-state index in [4.69, 9.17) is 11.6 Å². The van der Waals surface area contributed by atoms with Gasteiger partial charge >= 0.3 is 0 Å². The standard InChI is InChI=1S/C7H5ClN4/c8-6-1-2-9-7(12-6)5-3-10-11-4-5/h1-4H,(H,10,11). The molecule has 0 aromatic carbocycles. The molecule has 2 rings (SSSR count). The molecule has 0 aliphatic heterocycles. The molecule has 0 saturated heterocycles. The third-order valence-electron chi connectivity index (χ3n) is 1.38. The number of nitrogens with zero attached hydrogens (tertiary/aromatic N) is 3. The SMILES string of the molecule is Clc1ccnc(-c2cn[nH]c2)n1. The number of hydrogen-bond acceptors (Lipinski definition) is 3. The van der Waals surface area contributed by atoms with Gasteiger partial charge in [-0.15, -0.1) is 0 Å². The van der Waals surface area contributed by atoms with Crippen LogP contribution < -0.4 is 0 Å². The monoisotopic (exact) mass is 180 g/mol. The van der Waals surface area contributed by atoms with Crippen LogP contribution in [0.15, 0.2) is 24.7 Å². The van der Waals surface area contributed by atoms with Crippen molar-refractivity contribution in [1.82, 2.24) is 20.2 Å². The molecule has 0 radical (unpaired) electrons. The van der Waals surface area contributed by atoms with E-state index in [1.165, 1.54) is 0 Å². The number of nitrogens with one attached hydrogen (secondary N) is 1. The van der Waals surface area contributed by atoms with E-state index in [9.17, 15) is 0 Å². The topological polar surface area (TPSA) is 54.5 Å². The van der Waals surface area contributed by atoms with Gasteiger partial charge in [0.05, 0.1) is 11.8 Å². The van der Waals surface area contributed by atoms with Crippen LogP contribution in [-0.2, 0) is 0 Å². The van der Waals surface area contributed by atoms with Crippen LogP contribution in [0.3, 0.4) is 0 Å². The van der Waals surface area contributed by atoms with Crippen LogP contribution in [0.1, 0.15) is 0 Å². The van der Waals surface area contributed by atoms with Gasteiger partial charge in [-0.05, 0) is 6.07 Å². The van der Waals surface area contributed by atoms with Gasteiger partial charge in [-0.1, -0.05) is 11.6 Å². The zero-order chi connectivity index (χ0) is 8.39. The molecule has 0 fully saturated rings. The Kier molecular flexibility index (Phi) is 1.75. The first-order valence-corrected chi connectivity index (χ1v) is 3.72. The van der Waals surface area contributed by atoms with Gasteiger partial charge in [0, 0.05) is 12.4 Å². The van der Waals surface area contributed by atoms with Crippen LogP contribution in [0.5, 0.6) is 0 Å². The summed E-state index contributed by atoms with van der Waals surface area (Å²) >= 11 is 5.68. The summed E-state index contributed by atoms with van der Waals surface area (Å²) in [6.07, 6.45) is 4.97. The third-order valence-corrected chi connectivity index (χ3v) is 1.59. The van der Waals surface area contributed by atoms with Gasteiger partial charge in [0.2, 0.25) is 0 Å². The number of rotatable bonds is 1. The highest BCUT2D eigenvalue weighted by Gasteiger charge is 2.01. The minimum atomic E-state index is 0.432. The second-order valence-electron chi connectivity index (χ2n) is 2.19. The molecule has 5 heteroatoms. The minimum Gasteiger partial charge on any atom is -0.285 e. The molecule has 12 heavy (non-hydrogen) atoms. The van der Waals surface area contributed by atoms with Crippen LogP contribution in [0, 0.1) is 0 Å². The van der Waals surface area contributed by atoms with Crippen LogP contribution in [0.2, 0.25) is 5.15 Å². The second-order valence-corrected chi connectivity index (χ2v) is 2.58. The largest absolute Gasteiger partial charge is 0.285 e. The van der Waals surface area contributed by atoms with Gasteiger partial charge in [0.25, 0.3) is 0 Å². The molecule has 0 saturated carbocycles.